The fraction of sp³-hybridized carbons (Fsp3) is 0.391. The standard InChI is InChI=1S/C23H25N3S/c1-2-22(3-1)26-12-10-19-7-6-18(15-21(19)11-13-26)14-17-4-8-20(9-5-17)23-16-27-25-24-23/h4-9,15-16,22H,1-3,10-14H2. The maximum atomic E-state index is 4.15. The minimum atomic E-state index is 0.866. The molecule has 1 aromatic heterocycles. The summed E-state index contributed by atoms with van der Waals surface area (Å²) in [5.74, 6) is 0. The highest BCUT2D eigenvalue weighted by atomic mass is 32.1. The molecule has 138 valence electrons. The summed E-state index contributed by atoms with van der Waals surface area (Å²) in [6.45, 7) is 2.47. The van der Waals surface area contributed by atoms with Crippen molar-refractivity contribution < 1.29 is 0 Å². The van der Waals surface area contributed by atoms with Crippen molar-refractivity contribution in [1.82, 2.24) is 14.5 Å². The minimum Gasteiger partial charge on any atom is -0.300 e. The van der Waals surface area contributed by atoms with Crippen molar-refractivity contribution in [2.24, 2.45) is 0 Å². The van der Waals surface area contributed by atoms with Gasteiger partial charge in [-0.1, -0.05) is 53.4 Å². The summed E-state index contributed by atoms with van der Waals surface area (Å²) < 4.78 is 3.95. The number of hydrogen-bond donors (Lipinski definition) is 0. The lowest BCUT2D eigenvalue weighted by Crippen LogP contribution is -2.41. The fourth-order valence-corrected chi connectivity index (χ4v) is 4.81. The molecule has 0 unspecified atom stereocenters. The molecule has 1 saturated carbocycles. The van der Waals surface area contributed by atoms with Crippen molar-refractivity contribution in [2.75, 3.05) is 13.1 Å². The van der Waals surface area contributed by atoms with E-state index in [0.717, 1.165) is 23.7 Å². The molecule has 1 aliphatic heterocycles. The molecule has 27 heavy (non-hydrogen) atoms. The molecule has 1 aliphatic carbocycles. The van der Waals surface area contributed by atoms with Crippen LogP contribution < -0.4 is 0 Å². The summed E-state index contributed by atoms with van der Waals surface area (Å²) >= 11 is 1.40. The van der Waals surface area contributed by atoms with E-state index in [4.69, 9.17) is 0 Å². The van der Waals surface area contributed by atoms with Crippen LogP contribution in [0.4, 0.5) is 0 Å². The van der Waals surface area contributed by atoms with Gasteiger partial charge in [0.25, 0.3) is 0 Å². The second-order valence-electron chi connectivity index (χ2n) is 7.89. The lowest BCUT2D eigenvalue weighted by atomic mass is 9.91. The number of hydrogen-bond acceptors (Lipinski definition) is 4. The predicted octanol–water partition coefficient (Wildman–Crippen LogP) is 4.75. The maximum Gasteiger partial charge on any atom is 0.105 e. The van der Waals surface area contributed by atoms with Crippen LogP contribution in [-0.2, 0) is 19.3 Å². The van der Waals surface area contributed by atoms with Gasteiger partial charge in [-0.15, -0.1) is 5.10 Å². The van der Waals surface area contributed by atoms with Crippen LogP contribution in [0.5, 0.6) is 0 Å². The predicted molar refractivity (Wildman–Crippen MR) is 111 cm³/mol. The maximum absolute atomic E-state index is 4.15. The van der Waals surface area contributed by atoms with E-state index in [1.807, 2.05) is 5.38 Å². The molecule has 0 radical (unpaired) electrons. The van der Waals surface area contributed by atoms with Crippen LogP contribution in [0.1, 0.15) is 41.5 Å². The SMILES string of the molecule is c1cc(-c2csnn2)ccc1Cc1ccc2c(c1)CCN(C1CCC1)CC2. The molecule has 5 rings (SSSR count). The minimum absolute atomic E-state index is 0.866. The topological polar surface area (TPSA) is 29.0 Å². The third-order valence-electron chi connectivity index (χ3n) is 6.22. The van der Waals surface area contributed by atoms with Crippen molar-refractivity contribution >= 4 is 11.5 Å². The van der Waals surface area contributed by atoms with Gasteiger partial charge in [-0.2, -0.15) is 0 Å². The van der Waals surface area contributed by atoms with Gasteiger partial charge in [-0.3, -0.25) is 4.90 Å². The molecule has 0 amide bonds. The Labute approximate surface area is 165 Å². The third-order valence-corrected chi connectivity index (χ3v) is 6.72. The Kier molecular flexibility index (Phi) is 4.76. The Bertz CT molecular complexity index is 898. The second kappa shape index (κ2) is 7.53. The van der Waals surface area contributed by atoms with Crippen LogP contribution in [0.3, 0.4) is 0 Å². The van der Waals surface area contributed by atoms with Gasteiger partial charge in [0.15, 0.2) is 0 Å². The molecule has 0 N–H and O–H groups in total. The Morgan fingerprint density at radius 2 is 1.70 bits per heavy atom. The Morgan fingerprint density at radius 1 is 0.926 bits per heavy atom. The van der Waals surface area contributed by atoms with Crippen molar-refractivity contribution in [3.8, 4) is 11.3 Å². The summed E-state index contributed by atoms with van der Waals surface area (Å²) in [6, 6.07) is 16.8. The van der Waals surface area contributed by atoms with Gasteiger partial charge >= 0.3 is 0 Å². The van der Waals surface area contributed by atoms with E-state index in [9.17, 15) is 0 Å². The largest absolute Gasteiger partial charge is 0.300 e. The van der Waals surface area contributed by atoms with Gasteiger partial charge in [0, 0.05) is 30.1 Å². The molecule has 0 saturated heterocycles. The van der Waals surface area contributed by atoms with Crippen LogP contribution in [-0.4, -0.2) is 33.6 Å². The Balaban J connectivity index is 1.28. The molecular weight excluding hydrogens is 350 g/mol. The number of fused-ring (bicyclic) bond motifs is 1. The van der Waals surface area contributed by atoms with E-state index >= 15 is 0 Å². The monoisotopic (exact) mass is 375 g/mol. The molecule has 2 heterocycles. The zero-order valence-electron chi connectivity index (χ0n) is 15.6. The summed E-state index contributed by atoms with van der Waals surface area (Å²) in [7, 11) is 0. The summed E-state index contributed by atoms with van der Waals surface area (Å²) in [6.07, 6.45) is 7.66. The first kappa shape index (κ1) is 17.1. The average molecular weight is 376 g/mol. The summed E-state index contributed by atoms with van der Waals surface area (Å²) in [5.41, 5.74) is 8.02. The number of rotatable bonds is 4. The number of benzene rings is 2. The quantitative estimate of drug-likeness (QED) is 0.659. The number of aromatic nitrogens is 2. The molecule has 1 fully saturated rings. The first-order chi connectivity index (χ1) is 13.3. The van der Waals surface area contributed by atoms with Crippen molar-refractivity contribution in [3.05, 3.63) is 70.1 Å². The zero-order chi connectivity index (χ0) is 18.1. The molecule has 0 atom stereocenters. The molecule has 4 heteroatoms. The van der Waals surface area contributed by atoms with Gasteiger partial charge in [0.2, 0.25) is 0 Å². The molecule has 0 bridgehead atoms. The molecule has 2 aliphatic rings. The van der Waals surface area contributed by atoms with E-state index < -0.39 is 0 Å². The molecule has 3 aromatic rings. The third kappa shape index (κ3) is 3.69. The lowest BCUT2D eigenvalue weighted by molar-refractivity contribution is 0.133. The highest BCUT2D eigenvalue weighted by Crippen LogP contribution is 2.28. The second-order valence-corrected chi connectivity index (χ2v) is 8.50. The average Bonchev–Trinajstić information content (AvgIpc) is 3.11. The highest BCUT2D eigenvalue weighted by Gasteiger charge is 2.26. The van der Waals surface area contributed by atoms with Crippen LogP contribution >= 0.6 is 11.5 Å². The van der Waals surface area contributed by atoms with Crippen LogP contribution in [0, 0.1) is 0 Å². The van der Waals surface area contributed by atoms with E-state index in [1.54, 1.807) is 11.1 Å². The lowest BCUT2D eigenvalue weighted by Gasteiger charge is -2.36. The normalized spacial score (nSPS) is 17.9. The van der Waals surface area contributed by atoms with E-state index in [1.165, 1.54) is 67.9 Å². The van der Waals surface area contributed by atoms with Crippen LogP contribution in [0.2, 0.25) is 0 Å². The van der Waals surface area contributed by atoms with Gasteiger partial charge in [-0.05, 0) is 65.9 Å². The molecule has 3 nitrogen and oxygen atoms in total. The van der Waals surface area contributed by atoms with Crippen LogP contribution in [0.25, 0.3) is 11.3 Å². The molecule has 2 aromatic carbocycles. The smallest absolute Gasteiger partial charge is 0.105 e. The van der Waals surface area contributed by atoms with Crippen molar-refractivity contribution in [3.63, 3.8) is 0 Å². The van der Waals surface area contributed by atoms with Gasteiger partial charge < -0.3 is 0 Å². The zero-order valence-corrected chi connectivity index (χ0v) is 16.4. The summed E-state index contributed by atoms with van der Waals surface area (Å²) in [4.78, 5) is 2.73. The summed E-state index contributed by atoms with van der Waals surface area (Å²) in [5, 5.41) is 6.14. The van der Waals surface area contributed by atoms with Gasteiger partial charge in [-0.25, -0.2) is 0 Å². The van der Waals surface area contributed by atoms with E-state index in [0.29, 0.717) is 0 Å². The van der Waals surface area contributed by atoms with Gasteiger partial charge in [0.1, 0.15) is 5.69 Å². The first-order valence-corrected chi connectivity index (χ1v) is 10.9. The highest BCUT2D eigenvalue weighted by molar-refractivity contribution is 7.03. The first-order valence-electron chi connectivity index (χ1n) is 10.1. The van der Waals surface area contributed by atoms with Gasteiger partial charge in [0.05, 0.1) is 0 Å². The Hall–Kier alpha value is -2.04. The Morgan fingerprint density at radius 3 is 2.41 bits per heavy atom. The van der Waals surface area contributed by atoms with Crippen LogP contribution in [0.15, 0.2) is 47.8 Å². The van der Waals surface area contributed by atoms with Crippen molar-refractivity contribution in [2.45, 2.75) is 44.6 Å². The number of nitrogens with zero attached hydrogens (tertiary/aromatic N) is 3. The molecular formula is C23H25N3S. The van der Waals surface area contributed by atoms with Crippen molar-refractivity contribution in [1.29, 1.82) is 0 Å². The van der Waals surface area contributed by atoms with E-state index in [-0.39, 0.29) is 0 Å². The fourth-order valence-electron chi connectivity index (χ4n) is 4.34. The molecule has 0 spiro atoms. The van der Waals surface area contributed by atoms with E-state index in [2.05, 4.69) is 57.0 Å².